The highest BCUT2D eigenvalue weighted by molar-refractivity contribution is 5.38. The number of rotatable bonds is 5. The highest BCUT2D eigenvalue weighted by atomic mass is 16.5. The van der Waals surface area contributed by atoms with Crippen molar-refractivity contribution >= 4 is 0 Å². The molecule has 0 bridgehead atoms. The molecular weight excluding hydrogens is 198 g/mol. The molecule has 0 amide bonds. The molecule has 0 fully saturated rings. The molecule has 1 unspecified atom stereocenters. The van der Waals surface area contributed by atoms with E-state index in [0.29, 0.717) is 6.61 Å². The van der Waals surface area contributed by atoms with E-state index in [1.807, 2.05) is 32.0 Å². The number of aryl methyl sites for hydroxylation is 1. The third-order valence-electron chi connectivity index (χ3n) is 2.38. The van der Waals surface area contributed by atoms with Crippen LogP contribution >= 0.6 is 0 Å². The van der Waals surface area contributed by atoms with Crippen LogP contribution in [0, 0.1) is 19.3 Å². The first-order valence-electron chi connectivity index (χ1n) is 5.57. The second kappa shape index (κ2) is 6.19. The molecule has 2 N–H and O–H groups in total. The van der Waals surface area contributed by atoms with E-state index in [9.17, 15) is 0 Å². The fraction of sp³-hybridized carbons (Fsp3) is 0.429. The Hall–Kier alpha value is -1.46. The summed E-state index contributed by atoms with van der Waals surface area (Å²) in [6.45, 7) is 4.64. The third kappa shape index (κ3) is 3.60. The molecule has 16 heavy (non-hydrogen) atoms. The Morgan fingerprint density at radius 3 is 2.88 bits per heavy atom. The zero-order chi connectivity index (χ0) is 12.0. The molecule has 1 aromatic rings. The van der Waals surface area contributed by atoms with Crippen molar-refractivity contribution in [1.82, 2.24) is 0 Å². The predicted molar refractivity (Wildman–Crippen MR) is 67.3 cm³/mol. The number of unbranched alkanes of at least 4 members (excludes halogenated alkanes) is 1. The molecule has 2 nitrogen and oxygen atoms in total. The quantitative estimate of drug-likeness (QED) is 0.608. The lowest BCUT2D eigenvalue weighted by molar-refractivity contribution is 0.308. The van der Waals surface area contributed by atoms with Crippen molar-refractivity contribution < 1.29 is 4.74 Å². The first kappa shape index (κ1) is 12.6. The summed E-state index contributed by atoms with van der Waals surface area (Å²) in [5, 5.41) is 0. The standard InChI is InChI=1S/C14H19NO/c1-4-5-6-9-16-14-10-11(2)7-8-13(14)12(3)15/h1,7-8,10,12H,5-6,9,15H2,2-3H3. The van der Waals surface area contributed by atoms with Gasteiger partial charge < -0.3 is 10.5 Å². The van der Waals surface area contributed by atoms with Crippen LogP contribution in [0.2, 0.25) is 0 Å². The molecule has 2 heteroatoms. The Morgan fingerprint density at radius 2 is 2.25 bits per heavy atom. The number of nitrogens with two attached hydrogens (primary N) is 1. The molecule has 0 spiro atoms. The molecule has 0 saturated carbocycles. The minimum atomic E-state index is -0.0109. The number of hydrogen-bond acceptors (Lipinski definition) is 2. The second-order valence-electron chi connectivity index (χ2n) is 3.99. The SMILES string of the molecule is C#CCCCOc1cc(C)ccc1C(C)N. The van der Waals surface area contributed by atoms with Gasteiger partial charge in [-0.3, -0.25) is 0 Å². The molecule has 0 radical (unpaired) electrons. The molecule has 0 aromatic heterocycles. The minimum absolute atomic E-state index is 0.0109. The van der Waals surface area contributed by atoms with Crippen molar-refractivity contribution in [2.75, 3.05) is 6.61 Å². The molecule has 1 aromatic carbocycles. The van der Waals surface area contributed by atoms with Gasteiger partial charge >= 0.3 is 0 Å². The van der Waals surface area contributed by atoms with Crippen molar-refractivity contribution in [3.63, 3.8) is 0 Å². The summed E-state index contributed by atoms with van der Waals surface area (Å²) in [7, 11) is 0. The largest absolute Gasteiger partial charge is 0.493 e. The van der Waals surface area contributed by atoms with Crippen LogP contribution in [0.1, 0.15) is 36.9 Å². The summed E-state index contributed by atoms with van der Waals surface area (Å²) in [4.78, 5) is 0. The average molecular weight is 217 g/mol. The molecule has 86 valence electrons. The van der Waals surface area contributed by atoms with E-state index in [1.54, 1.807) is 0 Å². The highest BCUT2D eigenvalue weighted by Gasteiger charge is 2.07. The monoisotopic (exact) mass is 217 g/mol. The van der Waals surface area contributed by atoms with Crippen LogP contribution in [-0.2, 0) is 0 Å². The molecule has 1 rings (SSSR count). The number of hydrogen-bond donors (Lipinski definition) is 1. The van der Waals surface area contributed by atoms with Crippen LogP contribution < -0.4 is 10.5 Å². The number of terminal acetylenes is 1. The van der Waals surface area contributed by atoms with Gasteiger partial charge in [0.05, 0.1) is 6.61 Å². The van der Waals surface area contributed by atoms with Gasteiger partial charge in [0.2, 0.25) is 0 Å². The molecule has 0 aliphatic rings. The van der Waals surface area contributed by atoms with E-state index in [1.165, 1.54) is 5.56 Å². The topological polar surface area (TPSA) is 35.2 Å². The van der Waals surface area contributed by atoms with Crippen molar-refractivity contribution in [2.45, 2.75) is 32.7 Å². The molecule has 1 atom stereocenters. The van der Waals surface area contributed by atoms with E-state index < -0.39 is 0 Å². The van der Waals surface area contributed by atoms with E-state index in [4.69, 9.17) is 16.9 Å². The molecule has 0 saturated heterocycles. The zero-order valence-corrected chi connectivity index (χ0v) is 9.99. The first-order chi connectivity index (χ1) is 7.65. The predicted octanol–water partition coefficient (Wildman–Crippen LogP) is 2.81. The van der Waals surface area contributed by atoms with Crippen LogP contribution in [0.25, 0.3) is 0 Å². The van der Waals surface area contributed by atoms with Crippen LogP contribution in [0.15, 0.2) is 18.2 Å². The summed E-state index contributed by atoms with van der Waals surface area (Å²) in [5.41, 5.74) is 8.11. The zero-order valence-electron chi connectivity index (χ0n) is 9.99. The maximum Gasteiger partial charge on any atom is 0.124 e. The molecule has 0 heterocycles. The van der Waals surface area contributed by atoms with Gasteiger partial charge in [0.15, 0.2) is 0 Å². The first-order valence-corrected chi connectivity index (χ1v) is 5.57. The fourth-order valence-electron chi connectivity index (χ4n) is 1.50. The maximum absolute atomic E-state index is 5.88. The van der Waals surface area contributed by atoms with Crippen LogP contribution in [0.4, 0.5) is 0 Å². The van der Waals surface area contributed by atoms with Crippen molar-refractivity contribution in [2.24, 2.45) is 5.73 Å². The van der Waals surface area contributed by atoms with Crippen LogP contribution in [0.3, 0.4) is 0 Å². The van der Waals surface area contributed by atoms with Gasteiger partial charge in [-0.1, -0.05) is 12.1 Å². The van der Waals surface area contributed by atoms with Gasteiger partial charge in [-0.25, -0.2) is 0 Å². The summed E-state index contributed by atoms with van der Waals surface area (Å²) < 4.78 is 5.71. The summed E-state index contributed by atoms with van der Waals surface area (Å²) in [6.07, 6.45) is 6.81. The Labute approximate surface area is 97.8 Å². The lowest BCUT2D eigenvalue weighted by atomic mass is 10.1. The fourth-order valence-corrected chi connectivity index (χ4v) is 1.50. The van der Waals surface area contributed by atoms with E-state index in [-0.39, 0.29) is 6.04 Å². The van der Waals surface area contributed by atoms with E-state index in [2.05, 4.69) is 5.92 Å². The maximum atomic E-state index is 5.88. The van der Waals surface area contributed by atoms with Gasteiger partial charge in [0.25, 0.3) is 0 Å². The number of benzene rings is 1. The summed E-state index contributed by atoms with van der Waals surface area (Å²) in [5.74, 6) is 3.48. The lowest BCUT2D eigenvalue weighted by Crippen LogP contribution is -2.08. The van der Waals surface area contributed by atoms with Gasteiger partial charge in [-0.15, -0.1) is 12.3 Å². The third-order valence-corrected chi connectivity index (χ3v) is 2.38. The van der Waals surface area contributed by atoms with Gasteiger partial charge in [-0.05, 0) is 31.9 Å². The van der Waals surface area contributed by atoms with Crippen molar-refractivity contribution in [1.29, 1.82) is 0 Å². The summed E-state index contributed by atoms with van der Waals surface area (Å²) in [6, 6.07) is 6.08. The van der Waals surface area contributed by atoms with Crippen molar-refractivity contribution in [3.05, 3.63) is 29.3 Å². The highest BCUT2D eigenvalue weighted by Crippen LogP contribution is 2.25. The Balaban J connectivity index is 2.69. The van der Waals surface area contributed by atoms with Crippen LogP contribution in [0.5, 0.6) is 5.75 Å². The van der Waals surface area contributed by atoms with Crippen molar-refractivity contribution in [3.8, 4) is 18.1 Å². The second-order valence-corrected chi connectivity index (χ2v) is 3.99. The van der Waals surface area contributed by atoms with Gasteiger partial charge in [0, 0.05) is 18.0 Å². The average Bonchev–Trinajstić information content (AvgIpc) is 2.24. The van der Waals surface area contributed by atoms with E-state index in [0.717, 1.165) is 24.2 Å². The smallest absolute Gasteiger partial charge is 0.124 e. The van der Waals surface area contributed by atoms with Gasteiger partial charge in [-0.2, -0.15) is 0 Å². The lowest BCUT2D eigenvalue weighted by Gasteiger charge is -2.14. The summed E-state index contributed by atoms with van der Waals surface area (Å²) >= 11 is 0. The molecular formula is C14H19NO. The number of ether oxygens (including phenoxy) is 1. The normalized spacial score (nSPS) is 11.9. The van der Waals surface area contributed by atoms with Crippen LogP contribution in [-0.4, -0.2) is 6.61 Å². The minimum Gasteiger partial charge on any atom is -0.493 e. The Morgan fingerprint density at radius 1 is 1.50 bits per heavy atom. The Kier molecular flexibility index (Phi) is 4.88. The van der Waals surface area contributed by atoms with E-state index >= 15 is 0 Å². The Bertz CT molecular complexity index is 377. The van der Waals surface area contributed by atoms with Gasteiger partial charge in [0.1, 0.15) is 5.75 Å². The molecule has 0 aliphatic carbocycles. The molecule has 0 aliphatic heterocycles.